The molecular formula is C22H36O4. The van der Waals surface area contributed by atoms with Crippen molar-refractivity contribution in [3.05, 3.63) is 0 Å². The number of rotatable bonds is 2. The minimum absolute atomic E-state index is 0.0650. The third kappa shape index (κ3) is 2.24. The lowest BCUT2D eigenvalue weighted by Gasteiger charge is -2.63. The number of carbonyl (C=O) groups is 1. The molecule has 0 saturated heterocycles. The molecule has 0 aromatic carbocycles. The van der Waals surface area contributed by atoms with Crippen LogP contribution in [0, 0.1) is 40.4 Å². The molecule has 0 bridgehead atoms. The van der Waals surface area contributed by atoms with Crippen LogP contribution in [0.5, 0.6) is 0 Å². The highest BCUT2D eigenvalue weighted by molar-refractivity contribution is 5.77. The van der Waals surface area contributed by atoms with E-state index in [4.69, 9.17) is 0 Å². The van der Waals surface area contributed by atoms with E-state index in [0.29, 0.717) is 42.4 Å². The van der Waals surface area contributed by atoms with Gasteiger partial charge in [0, 0.05) is 6.42 Å². The van der Waals surface area contributed by atoms with Crippen LogP contribution in [-0.4, -0.2) is 33.0 Å². The van der Waals surface area contributed by atoms with Gasteiger partial charge in [0.1, 0.15) is 0 Å². The van der Waals surface area contributed by atoms with Crippen LogP contribution in [0.3, 0.4) is 0 Å². The summed E-state index contributed by atoms with van der Waals surface area (Å²) in [6.07, 6.45) is 6.58. The maximum Gasteiger partial charge on any atom is 0.312 e. The van der Waals surface area contributed by atoms with E-state index in [9.17, 15) is 20.1 Å². The first-order valence-electron chi connectivity index (χ1n) is 10.8. The van der Waals surface area contributed by atoms with Crippen molar-refractivity contribution in [3.63, 3.8) is 0 Å². The largest absolute Gasteiger partial charge is 0.481 e. The molecule has 0 aromatic heterocycles. The third-order valence-corrected chi connectivity index (χ3v) is 9.50. The van der Waals surface area contributed by atoms with Gasteiger partial charge in [0.2, 0.25) is 0 Å². The zero-order chi connectivity index (χ0) is 18.9. The van der Waals surface area contributed by atoms with Crippen LogP contribution in [0.25, 0.3) is 0 Å². The van der Waals surface area contributed by atoms with Crippen LogP contribution in [0.2, 0.25) is 0 Å². The Morgan fingerprint density at radius 1 is 1.00 bits per heavy atom. The van der Waals surface area contributed by atoms with E-state index in [1.807, 2.05) is 0 Å². The van der Waals surface area contributed by atoms with E-state index in [1.54, 1.807) is 0 Å². The highest BCUT2D eigenvalue weighted by Crippen LogP contribution is 2.69. The summed E-state index contributed by atoms with van der Waals surface area (Å²) in [7, 11) is 0. The first kappa shape index (κ1) is 18.7. The lowest BCUT2D eigenvalue weighted by atomic mass is 9.42. The molecule has 0 amide bonds. The number of aliphatic hydroxyl groups excluding tert-OH is 1. The van der Waals surface area contributed by atoms with Gasteiger partial charge in [-0.3, -0.25) is 4.79 Å². The van der Waals surface area contributed by atoms with Crippen molar-refractivity contribution in [1.29, 1.82) is 0 Å². The highest BCUT2D eigenvalue weighted by Gasteiger charge is 2.69. The van der Waals surface area contributed by atoms with Crippen molar-refractivity contribution >= 4 is 5.97 Å². The van der Waals surface area contributed by atoms with E-state index >= 15 is 0 Å². The molecule has 0 heterocycles. The maximum atomic E-state index is 12.6. The Bertz CT molecular complexity index is 589. The number of hydrogen-bond donors (Lipinski definition) is 3. The number of carboxylic acid groups (broad SMARTS) is 1. The number of aliphatic carboxylic acids is 1. The van der Waals surface area contributed by atoms with E-state index in [2.05, 4.69) is 20.8 Å². The predicted molar refractivity (Wildman–Crippen MR) is 99.5 cm³/mol. The number of fused-ring (bicyclic) bond motifs is 5. The quantitative estimate of drug-likeness (QED) is 0.696. The molecule has 4 nitrogen and oxygen atoms in total. The number of hydrogen-bond acceptors (Lipinski definition) is 3. The molecule has 4 fully saturated rings. The van der Waals surface area contributed by atoms with Crippen LogP contribution in [0.15, 0.2) is 0 Å². The monoisotopic (exact) mass is 364 g/mol. The molecule has 4 aliphatic carbocycles. The van der Waals surface area contributed by atoms with Crippen molar-refractivity contribution in [2.24, 2.45) is 40.4 Å². The summed E-state index contributed by atoms with van der Waals surface area (Å²) in [5, 5.41) is 31.9. The zero-order valence-electron chi connectivity index (χ0n) is 16.6. The summed E-state index contributed by atoms with van der Waals surface area (Å²) in [4.78, 5) is 12.6. The van der Waals surface area contributed by atoms with Crippen molar-refractivity contribution in [1.82, 2.24) is 0 Å². The molecule has 4 saturated carbocycles. The minimum atomic E-state index is -1.23. The molecule has 0 spiro atoms. The molecule has 0 radical (unpaired) electrons. The summed E-state index contributed by atoms with van der Waals surface area (Å²) in [6, 6.07) is 0. The Morgan fingerprint density at radius 3 is 2.38 bits per heavy atom. The third-order valence-electron chi connectivity index (χ3n) is 9.50. The Balaban J connectivity index is 1.71. The topological polar surface area (TPSA) is 77.8 Å². The lowest BCUT2D eigenvalue weighted by molar-refractivity contribution is -0.235. The summed E-state index contributed by atoms with van der Waals surface area (Å²) >= 11 is 0. The van der Waals surface area contributed by atoms with Gasteiger partial charge in [-0.05, 0) is 86.4 Å². The summed E-state index contributed by atoms with van der Waals surface area (Å²) in [5.74, 6) is 1.69. The maximum absolute atomic E-state index is 12.6. The molecule has 8 atom stereocenters. The Labute approximate surface area is 157 Å². The van der Waals surface area contributed by atoms with Crippen molar-refractivity contribution in [2.75, 3.05) is 0 Å². The summed E-state index contributed by atoms with van der Waals surface area (Å²) in [5.41, 5.74) is -1.95. The molecular weight excluding hydrogens is 328 g/mol. The minimum Gasteiger partial charge on any atom is -0.481 e. The molecule has 4 heteroatoms. The molecule has 26 heavy (non-hydrogen) atoms. The number of carboxylic acids is 1. The number of aliphatic hydroxyl groups is 2. The zero-order valence-corrected chi connectivity index (χ0v) is 16.6. The van der Waals surface area contributed by atoms with Crippen molar-refractivity contribution in [2.45, 2.75) is 90.3 Å². The Hall–Kier alpha value is -0.610. The second-order valence-corrected chi connectivity index (χ2v) is 10.6. The lowest BCUT2D eigenvalue weighted by Crippen LogP contribution is -2.67. The van der Waals surface area contributed by atoms with Gasteiger partial charge >= 0.3 is 5.97 Å². The van der Waals surface area contributed by atoms with Crippen LogP contribution < -0.4 is 0 Å². The fourth-order valence-corrected chi connectivity index (χ4v) is 8.46. The first-order valence-corrected chi connectivity index (χ1v) is 10.8. The van der Waals surface area contributed by atoms with Gasteiger partial charge in [0.05, 0.1) is 17.1 Å². The smallest absolute Gasteiger partial charge is 0.312 e. The molecule has 0 aromatic rings. The average molecular weight is 365 g/mol. The van der Waals surface area contributed by atoms with E-state index in [-0.39, 0.29) is 12.3 Å². The fourth-order valence-electron chi connectivity index (χ4n) is 8.46. The summed E-state index contributed by atoms with van der Waals surface area (Å²) in [6.45, 7) is 7.14. The first-order chi connectivity index (χ1) is 12.2. The predicted octanol–water partition coefficient (Wildman–Crippen LogP) is 3.84. The SMILES string of the molecule is CC(C)[C@H]1CC[C@H]2[C@@H]3CC[C@]4(O)C[C@@H](O)CC[C@]4(C(=O)O)[C@H]3CC[C@]12C. The van der Waals surface area contributed by atoms with Gasteiger partial charge in [-0.25, -0.2) is 0 Å². The van der Waals surface area contributed by atoms with Gasteiger partial charge in [-0.2, -0.15) is 0 Å². The van der Waals surface area contributed by atoms with Crippen molar-refractivity contribution < 1.29 is 20.1 Å². The Morgan fingerprint density at radius 2 is 1.73 bits per heavy atom. The van der Waals surface area contributed by atoms with E-state index in [1.165, 1.54) is 12.8 Å². The van der Waals surface area contributed by atoms with Gasteiger partial charge in [-0.1, -0.05) is 20.8 Å². The van der Waals surface area contributed by atoms with Crippen LogP contribution >= 0.6 is 0 Å². The van der Waals surface area contributed by atoms with E-state index in [0.717, 1.165) is 25.2 Å². The molecule has 4 aliphatic rings. The molecule has 4 rings (SSSR count). The van der Waals surface area contributed by atoms with Gasteiger partial charge in [0.15, 0.2) is 0 Å². The molecule has 0 aliphatic heterocycles. The molecule has 148 valence electrons. The van der Waals surface area contributed by atoms with Crippen LogP contribution in [0.4, 0.5) is 0 Å². The fraction of sp³-hybridized carbons (Fsp3) is 0.955. The van der Waals surface area contributed by atoms with Gasteiger partial charge in [-0.15, -0.1) is 0 Å². The average Bonchev–Trinajstić information content (AvgIpc) is 2.91. The molecule has 3 N–H and O–H groups in total. The van der Waals surface area contributed by atoms with Gasteiger partial charge in [0.25, 0.3) is 0 Å². The Kier molecular flexibility index (Phi) is 4.28. The van der Waals surface area contributed by atoms with Crippen molar-refractivity contribution in [3.8, 4) is 0 Å². The second-order valence-electron chi connectivity index (χ2n) is 10.6. The highest BCUT2D eigenvalue weighted by atomic mass is 16.4. The normalized spacial score (nSPS) is 53.7. The van der Waals surface area contributed by atoms with Crippen LogP contribution in [-0.2, 0) is 4.79 Å². The molecule has 0 unspecified atom stereocenters. The summed E-state index contributed by atoms with van der Waals surface area (Å²) < 4.78 is 0. The van der Waals surface area contributed by atoms with Gasteiger partial charge < -0.3 is 15.3 Å². The van der Waals surface area contributed by atoms with E-state index < -0.39 is 23.1 Å². The van der Waals surface area contributed by atoms with Crippen LogP contribution in [0.1, 0.15) is 78.6 Å². The second kappa shape index (κ2) is 5.94. The standard InChI is InChI=1S/C22H36O4/c1-13(2)16-4-5-17-15-7-10-21(26)12-14(23)6-11-22(21,19(24)25)18(15)8-9-20(16,17)3/h13-18,23,26H,4-12H2,1-3H3,(H,24,25)/t14-,15-,16+,17-,18-,20+,21-,22+/m0/s1.